The maximum absolute atomic E-state index is 5.27. The molecule has 0 aliphatic carbocycles. The van der Waals surface area contributed by atoms with Crippen molar-refractivity contribution in [1.29, 1.82) is 0 Å². The van der Waals surface area contributed by atoms with Gasteiger partial charge in [0.15, 0.2) is 0 Å². The van der Waals surface area contributed by atoms with Gasteiger partial charge in [0.2, 0.25) is 0 Å². The third kappa shape index (κ3) is 6.58. The second-order valence-corrected chi connectivity index (χ2v) is 15.0. The fourth-order valence-corrected chi connectivity index (χ4v) is 6.36. The van der Waals surface area contributed by atoms with E-state index in [-0.39, 0.29) is 33.2 Å². The van der Waals surface area contributed by atoms with E-state index < -0.39 is 0 Å². The topological polar surface area (TPSA) is 27.0 Å². The molecule has 0 radical (unpaired) electrons. The molecule has 7 aromatic rings. The van der Waals surface area contributed by atoms with Crippen LogP contribution >= 0.6 is 0 Å². The first-order chi connectivity index (χ1) is 22.3. The van der Waals surface area contributed by atoms with Crippen molar-refractivity contribution in [3.63, 3.8) is 0 Å². The number of benzene rings is 5. The van der Waals surface area contributed by atoms with Crippen LogP contribution in [0.5, 0.6) is 0 Å². The molecular formula is C45H41AuN2. The summed E-state index contributed by atoms with van der Waals surface area (Å²) in [5.74, 6) is 0. The zero-order valence-electron chi connectivity index (χ0n) is 29.0. The van der Waals surface area contributed by atoms with E-state index in [9.17, 15) is 0 Å². The molecule has 0 amide bonds. The van der Waals surface area contributed by atoms with E-state index >= 15 is 0 Å². The molecule has 0 unspecified atom stereocenters. The van der Waals surface area contributed by atoms with Crippen LogP contribution in [-0.4, -0.2) is 4.98 Å². The van der Waals surface area contributed by atoms with Crippen molar-refractivity contribution in [1.82, 2.24) is 9.97 Å². The predicted molar refractivity (Wildman–Crippen MR) is 199 cm³/mol. The molecule has 2 aromatic heterocycles. The Kier molecular flexibility index (Phi) is 8.89. The van der Waals surface area contributed by atoms with Gasteiger partial charge < -0.3 is 4.98 Å². The van der Waals surface area contributed by atoms with Gasteiger partial charge in [0.05, 0.1) is 5.69 Å². The van der Waals surface area contributed by atoms with E-state index in [4.69, 9.17) is 9.97 Å². The van der Waals surface area contributed by atoms with Crippen LogP contribution < -0.4 is 4.98 Å². The van der Waals surface area contributed by atoms with Crippen molar-refractivity contribution in [3.05, 3.63) is 138 Å². The molecule has 3 heteroatoms. The van der Waals surface area contributed by atoms with Gasteiger partial charge in [-0.2, -0.15) is 35.9 Å². The number of rotatable bonds is 4. The zero-order valence-corrected chi connectivity index (χ0v) is 31.2. The van der Waals surface area contributed by atoms with Crippen LogP contribution in [0.3, 0.4) is 0 Å². The molecule has 48 heavy (non-hydrogen) atoms. The van der Waals surface area contributed by atoms with Crippen LogP contribution in [0, 0.1) is 26.0 Å². The van der Waals surface area contributed by atoms with Gasteiger partial charge in [0.1, 0.15) is 0 Å². The first-order valence-corrected chi connectivity index (χ1v) is 16.5. The third-order valence-electron chi connectivity index (χ3n) is 9.15. The summed E-state index contributed by atoms with van der Waals surface area (Å²) >= 11 is 0. The van der Waals surface area contributed by atoms with E-state index in [2.05, 4.69) is 171 Å². The smallest absolute Gasteiger partial charge is 0.656 e. The minimum atomic E-state index is 0. The standard InChI is InChI=1S/C45H41N2.Au/c1-28-12-21-42-37(22-28)38-23-29(2)24-39(43(38)47-42)41-11-9-10-40(46-41)34-26-32(30-13-17-35(18-14-30)44(3,4)5)25-33(27-34)31-15-19-36(20-16-31)45(6,7)8;/h9-15,17-26H,1-8H3;/q-3;+3. The maximum atomic E-state index is 5.27. The summed E-state index contributed by atoms with van der Waals surface area (Å²) in [6.07, 6.45) is 0. The summed E-state index contributed by atoms with van der Waals surface area (Å²) in [5, 5.41) is 2.37. The third-order valence-corrected chi connectivity index (χ3v) is 9.15. The largest absolute Gasteiger partial charge is 3.00 e. The fraction of sp³-hybridized carbons (Fsp3) is 0.222. The van der Waals surface area contributed by atoms with Crippen molar-refractivity contribution in [3.8, 4) is 44.8 Å². The number of fused-ring (bicyclic) bond motifs is 3. The number of aryl methyl sites for hydroxylation is 2. The Morgan fingerprint density at radius 2 is 1.25 bits per heavy atom. The van der Waals surface area contributed by atoms with Crippen molar-refractivity contribution in [2.75, 3.05) is 0 Å². The molecule has 0 bridgehead atoms. The second kappa shape index (κ2) is 12.7. The Morgan fingerprint density at radius 1 is 0.583 bits per heavy atom. The van der Waals surface area contributed by atoms with E-state index in [0.717, 1.165) is 50.2 Å². The van der Waals surface area contributed by atoms with Gasteiger partial charge >= 0.3 is 22.4 Å². The van der Waals surface area contributed by atoms with Crippen LogP contribution in [0.1, 0.15) is 63.8 Å². The van der Waals surface area contributed by atoms with Gasteiger partial charge in [-0.3, -0.25) is 4.98 Å². The molecule has 0 N–H and O–H groups in total. The van der Waals surface area contributed by atoms with Crippen molar-refractivity contribution < 1.29 is 22.4 Å². The number of pyridine rings is 1. The SMILES string of the molecule is Cc1ccc2[n-]c3c(-c4cccc(-c5[c-]c(-c6[c-]cc(C(C)(C)C)cc6)cc(-c6ccc(C(C)(C)C)cc6)c5)n4)cc(C)cc3c2c1.[Au+3]. The van der Waals surface area contributed by atoms with Gasteiger partial charge in [-0.25, -0.2) is 5.56 Å². The van der Waals surface area contributed by atoms with E-state index in [1.165, 1.54) is 38.6 Å². The average Bonchev–Trinajstić information content (AvgIpc) is 3.41. The van der Waals surface area contributed by atoms with Crippen LogP contribution in [0.4, 0.5) is 0 Å². The molecule has 0 spiro atoms. The molecule has 0 atom stereocenters. The number of hydrogen-bond donors (Lipinski definition) is 0. The molecule has 7 rings (SSSR count). The Bertz CT molecular complexity index is 2180. The minimum Gasteiger partial charge on any atom is -0.656 e. The molecule has 2 nitrogen and oxygen atoms in total. The van der Waals surface area contributed by atoms with E-state index in [0.29, 0.717) is 0 Å². The Hall–Kier alpha value is -4.21. The summed E-state index contributed by atoms with van der Waals surface area (Å²) in [6, 6.07) is 44.4. The Balaban J connectivity index is 0.00000401. The first-order valence-electron chi connectivity index (χ1n) is 16.5. The molecule has 2 heterocycles. The summed E-state index contributed by atoms with van der Waals surface area (Å²) in [4.78, 5) is 10.4. The van der Waals surface area contributed by atoms with Crippen molar-refractivity contribution in [2.24, 2.45) is 0 Å². The van der Waals surface area contributed by atoms with Gasteiger partial charge in [-0.15, -0.1) is 34.3 Å². The maximum Gasteiger partial charge on any atom is 3.00 e. The van der Waals surface area contributed by atoms with Crippen LogP contribution in [0.15, 0.2) is 103 Å². The summed E-state index contributed by atoms with van der Waals surface area (Å²) in [7, 11) is 0. The molecule has 0 aliphatic rings. The summed E-state index contributed by atoms with van der Waals surface area (Å²) in [5.41, 5.74) is 15.3. The Morgan fingerprint density at radius 3 is 1.94 bits per heavy atom. The fourth-order valence-electron chi connectivity index (χ4n) is 6.36. The Labute approximate surface area is 301 Å². The molecule has 0 fully saturated rings. The van der Waals surface area contributed by atoms with E-state index in [1.807, 2.05) is 0 Å². The van der Waals surface area contributed by atoms with Crippen molar-refractivity contribution in [2.45, 2.75) is 66.2 Å². The van der Waals surface area contributed by atoms with Gasteiger partial charge in [0.25, 0.3) is 0 Å². The summed E-state index contributed by atoms with van der Waals surface area (Å²) < 4.78 is 0. The molecule has 0 saturated heterocycles. The second-order valence-electron chi connectivity index (χ2n) is 15.0. The van der Waals surface area contributed by atoms with Gasteiger partial charge in [0, 0.05) is 5.69 Å². The van der Waals surface area contributed by atoms with Gasteiger partial charge in [-0.1, -0.05) is 119 Å². The summed E-state index contributed by atoms with van der Waals surface area (Å²) in [6.45, 7) is 17.7. The van der Waals surface area contributed by atoms with Gasteiger partial charge in [-0.05, 0) is 63.8 Å². The molecule has 0 saturated carbocycles. The van der Waals surface area contributed by atoms with Crippen LogP contribution in [0.2, 0.25) is 0 Å². The molecule has 242 valence electrons. The zero-order chi connectivity index (χ0) is 33.1. The van der Waals surface area contributed by atoms with Crippen molar-refractivity contribution >= 4 is 21.8 Å². The normalized spacial score (nSPS) is 12.0. The number of nitrogens with zero attached hydrogens (tertiary/aromatic N) is 2. The molecular weight excluding hydrogens is 765 g/mol. The molecule has 0 aliphatic heterocycles. The van der Waals surface area contributed by atoms with Crippen LogP contribution in [0.25, 0.3) is 66.6 Å². The monoisotopic (exact) mass is 806 g/mol. The average molecular weight is 807 g/mol. The minimum absolute atomic E-state index is 0. The van der Waals surface area contributed by atoms with Crippen LogP contribution in [-0.2, 0) is 33.2 Å². The quantitative estimate of drug-likeness (QED) is 0.131. The first kappa shape index (κ1) is 33.7. The molecule has 5 aromatic carbocycles. The number of hydrogen-bond acceptors (Lipinski definition) is 1. The van der Waals surface area contributed by atoms with E-state index in [1.54, 1.807) is 0 Å². The predicted octanol–water partition coefficient (Wildman–Crippen LogP) is 11.8. The number of aromatic nitrogens is 2.